The first-order chi connectivity index (χ1) is 10.6. The summed E-state index contributed by atoms with van der Waals surface area (Å²) < 4.78 is 32.3. The van der Waals surface area contributed by atoms with Gasteiger partial charge in [0.15, 0.2) is 0 Å². The Labute approximate surface area is 131 Å². The third kappa shape index (κ3) is 2.95. The maximum Gasteiger partial charge on any atom is 0.238 e. The Morgan fingerprint density at radius 2 is 1.77 bits per heavy atom. The number of hydrogen-bond donors (Lipinski definition) is 0. The van der Waals surface area contributed by atoms with Crippen molar-refractivity contribution < 1.29 is 13.2 Å². The van der Waals surface area contributed by atoms with E-state index in [0.717, 1.165) is 17.7 Å². The highest BCUT2D eigenvalue weighted by Crippen LogP contribution is 2.34. The zero-order chi connectivity index (χ0) is 15.6. The van der Waals surface area contributed by atoms with E-state index < -0.39 is 10.0 Å². The smallest absolute Gasteiger partial charge is 0.238 e. The molecule has 0 fully saturated rings. The van der Waals surface area contributed by atoms with Crippen LogP contribution in [0.1, 0.15) is 12.5 Å². The lowest BCUT2D eigenvalue weighted by atomic mass is 10.1. The SMILES string of the molecule is CC1Cc2ccccc2N1S(=O)(=O)CCOc1ccccc1. The number of anilines is 1. The fourth-order valence-electron chi connectivity index (χ4n) is 2.84. The molecule has 0 amide bonds. The van der Waals surface area contributed by atoms with E-state index in [4.69, 9.17) is 4.74 Å². The Morgan fingerprint density at radius 1 is 1.09 bits per heavy atom. The maximum absolute atomic E-state index is 12.6. The van der Waals surface area contributed by atoms with Crippen molar-refractivity contribution >= 4 is 15.7 Å². The second-order valence-electron chi connectivity index (χ2n) is 5.46. The van der Waals surface area contributed by atoms with Gasteiger partial charge in [-0.15, -0.1) is 0 Å². The van der Waals surface area contributed by atoms with Crippen LogP contribution in [0.3, 0.4) is 0 Å². The Balaban J connectivity index is 1.71. The molecule has 0 bridgehead atoms. The molecule has 1 aliphatic rings. The summed E-state index contributed by atoms with van der Waals surface area (Å²) in [7, 11) is -3.38. The van der Waals surface area contributed by atoms with Gasteiger partial charge >= 0.3 is 0 Å². The molecule has 0 N–H and O–H groups in total. The van der Waals surface area contributed by atoms with Gasteiger partial charge in [0, 0.05) is 6.04 Å². The van der Waals surface area contributed by atoms with E-state index in [2.05, 4.69) is 0 Å². The van der Waals surface area contributed by atoms with E-state index in [1.807, 2.05) is 61.5 Å². The zero-order valence-electron chi connectivity index (χ0n) is 12.5. The van der Waals surface area contributed by atoms with Gasteiger partial charge < -0.3 is 4.74 Å². The number of ether oxygens (including phenoxy) is 1. The summed E-state index contributed by atoms with van der Waals surface area (Å²) >= 11 is 0. The van der Waals surface area contributed by atoms with Gasteiger partial charge in [0.25, 0.3) is 0 Å². The van der Waals surface area contributed by atoms with Crippen molar-refractivity contribution in [1.82, 2.24) is 0 Å². The lowest BCUT2D eigenvalue weighted by molar-refractivity contribution is 0.340. The van der Waals surface area contributed by atoms with Crippen LogP contribution in [0, 0.1) is 0 Å². The molecule has 3 rings (SSSR count). The number of nitrogens with zero attached hydrogens (tertiary/aromatic N) is 1. The Bertz CT molecular complexity index is 744. The lowest BCUT2D eigenvalue weighted by Gasteiger charge is -2.24. The highest BCUT2D eigenvalue weighted by molar-refractivity contribution is 7.92. The predicted octanol–water partition coefficient (Wildman–Crippen LogP) is 2.85. The van der Waals surface area contributed by atoms with Crippen molar-refractivity contribution in [2.75, 3.05) is 16.7 Å². The average molecular weight is 317 g/mol. The molecule has 22 heavy (non-hydrogen) atoms. The average Bonchev–Trinajstić information content (AvgIpc) is 2.84. The molecule has 0 radical (unpaired) electrons. The molecule has 0 aliphatic carbocycles. The second kappa shape index (κ2) is 6.01. The van der Waals surface area contributed by atoms with Gasteiger partial charge in [0.2, 0.25) is 10.0 Å². The van der Waals surface area contributed by atoms with Crippen molar-refractivity contribution in [2.45, 2.75) is 19.4 Å². The second-order valence-corrected chi connectivity index (χ2v) is 7.42. The summed E-state index contributed by atoms with van der Waals surface area (Å²) in [5, 5.41) is 0. The van der Waals surface area contributed by atoms with E-state index in [1.165, 1.54) is 4.31 Å². The zero-order valence-corrected chi connectivity index (χ0v) is 13.3. The Hall–Kier alpha value is -2.01. The molecule has 116 valence electrons. The van der Waals surface area contributed by atoms with E-state index in [0.29, 0.717) is 5.75 Å². The topological polar surface area (TPSA) is 46.6 Å². The largest absolute Gasteiger partial charge is 0.492 e. The fourth-order valence-corrected chi connectivity index (χ4v) is 4.43. The standard InChI is InChI=1S/C17H19NO3S/c1-14-13-15-7-5-6-10-17(15)18(14)22(19,20)12-11-21-16-8-3-2-4-9-16/h2-10,14H,11-13H2,1H3. The minimum absolute atomic E-state index is 0.0272. The monoisotopic (exact) mass is 317 g/mol. The van der Waals surface area contributed by atoms with Gasteiger partial charge in [0.1, 0.15) is 18.1 Å². The minimum Gasteiger partial charge on any atom is -0.492 e. The number of rotatable bonds is 5. The van der Waals surface area contributed by atoms with E-state index in [-0.39, 0.29) is 18.4 Å². The quantitative estimate of drug-likeness (QED) is 0.852. The van der Waals surface area contributed by atoms with Gasteiger partial charge in [-0.2, -0.15) is 0 Å². The molecule has 0 spiro atoms. The highest BCUT2D eigenvalue weighted by atomic mass is 32.2. The van der Waals surface area contributed by atoms with Crippen LogP contribution in [0.5, 0.6) is 5.75 Å². The molecule has 1 unspecified atom stereocenters. The minimum atomic E-state index is -3.38. The number of hydrogen-bond acceptors (Lipinski definition) is 3. The van der Waals surface area contributed by atoms with E-state index in [9.17, 15) is 8.42 Å². The van der Waals surface area contributed by atoms with Gasteiger partial charge in [-0.05, 0) is 37.1 Å². The van der Waals surface area contributed by atoms with Crippen molar-refractivity contribution in [3.63, 3.8) is 0 Å². The normalized spacial score (nSPS) is 17.3. The first-order valence-electron chi connectivity index (χ1n) is 7.36. The number of fused-ring (bicyclic) bond motifs is 1. The molecule has 1 atom stereocenters. The first-order valence-corrected chi connectivity index (χ1v) is 8.97. The molecule has 4 nitrogen and oxygen atoms in total. The Morgan fingerprint density at radius 3 is 2.55 bits per heavy atom. The molecular formula is C17H19NO3S. The molecule has 0 saturated heterocycles. The van der Waals surface area contributed by atoms with Crippen LogP contribution in [0.4, 0.5) is 5.69 Å². The van der Waals surface area contributed by atoms with Crippen LogP contribution in [-0.2, 0) is 16.4 Å². The lowest BCUT2D eigenvalue weighted by Crippen LogP contribution is -2.38. The van der Waals surface area contributed by atoms with Crippen LogP contribution in [0.25, 0.3) is 0 Å². The molecule has 0 aromatic heterocycles. The summed E-state index contributed by atoms with van der Waals surface area (Å²) in [5.41, 5.74) is 1.89. The molecular weight excluding hydrogens is 298 g/mol. The van der Waals surface area contributed by atoms with Crippen LogP contribution in [0.15, 0.2) is 54.6 Å². The van der Waals surface area contributed by atoms with E-state index >= 15 is 0 Å². The molecule has 5 heteroatoms. The summed E-state index contributed by atoms with van der Waals surface area (Å²) in [6.45, 7) is 2.09. The highest BCUT2D eigenvalue weighted by Gasteiger charge is 2.34. The molecule has 1 aliphatic heterocycles. The van der Waals surface area contributed by atoms with Crippen LogP contribution < -0.4 is 9.04 Å². The third-order valence-electron chi connectivity index (χ3n) is 3.80. The van der Waals surface area contributed by atoms with Crippen molar-refractivity contribution in [3.8, 4) is 5.75 Å². The van der Waals surface area contributed by atoms with E-state index in [1.54, 1.807) is 0 Å². The fraction of sp³-hybridized carbons (Fsp3) is 0.294. The number of para-hydroxylation sites is 2. The molecule has 1 heterocycles. The maximum atomic E-state index is 12.6. The molecule has 2 aromatic rings. The summed E-state index contributed by atoms with van der Waals surface area (Å²) in [5.74, 6) is 0.660. The summed E-state index contributed by atoms with van der Waals surface area (Å²) in [6, 6.07) is 16.9. The van der Waals surface area contributed by atoms with Crippen molar-refractivity contribution in [3.05, 3.63) is 60.2 Å². The molecule has 2 aromatic carbocycles. The van der Waals surface area contributed by atoms with Gasteiger partial charge in [-0.1, -0.05) is 36.4 Å². The third-order valence-corrected chi connectivity index (χ3v) is 5.64. The summed E-state index contributed by atoms with van der Waals surface area (Å²) in [4.78, 5) is 0. The van der Waals surface area contributed by atoms with Crippen LogP contribution in [0.2, 0.25) is 0 Å². The predicted molar refractivity (Wildman–Crippen MR) is 87.8 cm³/mol. The van der Waals surface area contributed by atoms with Gasteiger partial charge in [-0.3, -0.25) is 4.31 Å². The number of sulfonamides is 1. The van der Waals surface area contributed by atoms with Crippen LogP contribution in [-0.4, -0.2) is 26.8 Å². The van der Waals surface area contributed by atoms with Crippen molar-refractivity contribution in [2.24, 2.45) is 0 Å². The first kappa shape index (κ1) is 14.9. The molecule has 0 saturated carbocycles. The van der Waals surface area contributed by atoms with Gasteiger partial charge in [0.05, 0.1) is 5.69 Å². The Kier molecular flexibility index (Phi) is 4.07. The summed E-state index contributed by atoms with van der Waals surface area (Å²) in [6.07, 6.45) is 0.759. The van der Waals surface area contributed by atoms with Gasteiger partial charge in [-0.25, -0.2) is 8.42 Å². The van der Waals surface area contributed by atoms with Crippen LogP contribution >= 0.6 is 0 Å². The number of benzene rings is 2. The van der Waals surface area contributed by atoms with Crippen molar-refractivity contribution in [1.29, 1.82) is 0 Å².